The van der Waals surface area contributed by atoms with E-state index < -0.39 is 46.8 Å². The van der Waals surface area contributed by atoms with Gasteiger partial charge >= 0.3 is 12.4 Å². The lowest BCUT2D eigenvalue weighted by Crippen LogP contribution is -2.57. The molecule has 14 heteroatoms. The van der Waals surface area contributed by atoms with Crippen molar-refractivity contribution in [2.75, 3.05) is 45.8 Å². The van der Waals surface area contributed by atoms with Crippen LogP contribution in [0.5, 0.6) is 0 Å². The third-order valence-corrected chi connectivity index (χ3v) is 7.27. The van der Waals surface area contributed by atoms with Crippen LogP contribution in [0, 0.1) is 5.82 Å². The minimum atomic E-state index is -5.06. The first-order chi connectivity index (χ1) is 18.7. The van der Waals surface area contributed by atoms with E-state index in [-0.39, 0.29) is 56.1 Å². The molecule has 236 valence electrons. The summed E-state index contributed by atoms with van der Waals surface area (Å²) in [6.07, 6.45) is -9.66. The lowest BCUT2D eigenvalue weighted by atomic mass is 9.99. The fraction of sp³-hybridized carbons (Fsp3) is 0.536. The van der Waals surface area contributed by atoms with Crippen molar-refractivity contribution in [2.24, 2.45) is 0 Å². The molecule has 2 heterocycles. The lowest BCUT2D eigenvalue weighted by Gasteiger charge is -2.43. The van der Waals surface area contributed by atoms with Crippen molar-refractivity contribution in [3.63, 3.8) is 0 Å². The number of rotatable bonds is 6. The highest BCUT2D eigenvalue weighted by molar-refractivity contribution is 5.95. The number of benzene rings is 2. The molecule has 0 aromatic heterocycles. The second-order valence-electron chi connectivity index (χ2n) is 10.6. The maximum absolute atomic E-state index is 13.5. The number of morpholine rings is 1. The third kappa shape index (κ3) is 9.44. The maximum Gasteiger partial charge on any atom is 0.416 e. The van der Waals surface area contributed by atoms with Crippen LogP contribution in [0.1, 0.15) is 40.9 Å². The van der Waals surface area contributed by atoms with Crippen molar-refractivity contribution in [3.05, 3.63) is 70.5 Å². The highest BCUT2D eigenvalue weighted by atomic mass is 35.5. The van der Waals surface area contributed by atoms with Gasteiger partial charge in [-0.15, -0.1) is 24.8 Å². The van der Waals surface area contributed by atoms with E-state index >= 15 is 0 Å². The van der Waals surface area contributed by atoms with Gasteiger partial charge in [-0.05, 0) is 56.2 Å². The van der Waals surface area contributed by atoms with Gasteiger partial charge in [0.1, 0.15) is 5.82 Å². The van der Waals surface area contributed by atoms with Gasteiger partial charge in [0, 0.05) is 57.4 Å². The first-order valence-corrected chi connectivity index (χ1v) is 13.1. The largest absolute Gasteiger partial charge is 0.416 e. The van der Waals surface area contributed by atoms with Crippen molar-refractivity contribution in [2.45, 2.75) is 50.9 Å². The van der Waals surface area contributed by atoms with Crippen LogP contribution >= 0.6 is 24.8 Å². The molecule has 3 atom stereocenters. The summed E-state index contributed by atoms with van der Waals surface area (Å²) in [6, 6.07) is 6.06. The normalized spacial score (nSPS) is 22.3. The van der Waals surface area contributed by atoms with E-state index in [1.54, 1.807) is 12.1 Å². The fourth-order valence-corrected chi connectivity index (χ4v) is 5.45. The zero-order valence-electron chi connectivity index (χ0n) is 23.1. The van der Waals surface area contributed by atoms with Gasteiger partial charge in [-0.1, -0.05) is 12.1 Å². The van der Waals surface area contributed by atoms with Crippen LogP contribution in [-0.4, -0.2) is 84.7 Å². The quantitative estimate of drug-likeness (QED) is 0.351. The molecule has 0 radical (unpaired) electrons. The topological polar surface area (TPSA) is 36.0 Å². The summed E-state index contributed by atoms with van der Waals surface area (Å²) in [4.78, 5) is 19.2. The van der Waals surface area contributed by atoms with E-state index in [9.17, 15) is 35.5 Å². The van der Waals surface area contributed by atoms with Crippen molar-refractivity contribution < 1.29 is 40.3 Å². The first kappa shape index (κ1) is 36.1. The molecule has 5 nitrogen and oxygen atoms in total. The molecule has 1 amide bonds. The van der Waals surface area contributed by atoms with Gasteiger partial charge < -0.3 is 9.64 Å². The highest BCUT2D eigenvalue weighted by Crippen LogP contribution is 2.37. The molecule has 2 aromatic carbocycles. The van der Waals surface area contributed by atoms with Crippen LogP contribution in [0.2, 0.25) is 0 Å². The minimum absolute atomic E-state index is 0. The number of amides is 1. The van der Waals surface area contributed by atoms with Gasteiger partial charge in [-0.2, -0.15) is 26.3 Å². The SMILES string of the molecule is CC1CN(CCN2CCN(C(=O)c3cc(C(F)(F)F)cc(C(F)(F)F)c3)[C@H](Cc3ccc(F)cc3)C2)CC(C)O1.Cl.Cl. The molecule has 42 heavy (non-hydrogen) atoms. The summed E-state index contributed by atoms with van der Waals surface area (Å²) in [5, 5.41) is 0. The van der Waals surface area contributed by atoms with Gasteiger partial charge in [0.15, 0.2) is 0 Å². The molecule has 0 spiro atoms. The molecule has 2 saturated heterocycles. The van der Waals surface area contributed by atoms with Crippen molar-refractivity contribution >= 4 is 30.7 Å². The summed E-state index contributed by atoms with van der Waals surface area (Å²) >= 11 is 0. The number of hydrogen-bond acceptors (Lipinski definition) is 4. The Balaban J connectivity index is 0.00000308. The van der Waals surface area contributed by atoms with Crippen LogP contribution < -0.4 is 0 Å². The first-order valence-electron chi connectivity index (χ1n) is 13.1. The van der Waals surface area contributed by atoms with E-state index in [2.05, 4.69) is 9.80 Å². The standard InChI is InChI=1S/C28H32F7N3O2.2ClH/c1-18-15-37(16-19(2)40-18)8-7-36-9-10-38(25(17-36)11-20-3-5-24(29)6-4-20)26(39)21-12-22(27(30,31)32)14-23(13-21)28(33,34)35;;/h3-6,12-14,18-19,25H,7-11,15-17H2,1-2H3;2*1H/t18?,19?,25-;;/m1../s1. The number of hydrogen-bond donors (Lipinski definition) is 0. The predicted molar refractivity (Wildman–Crippen MR) is 149 cm³/mol. The highest BCUT2D eigenvalue weighted by Gasteiger charge is 2.39. The molecule has 0 aliphatic carbocycles. The molecule has 2 aliphatic rings. The van der Waals surface area contributed by atoms with E-state index in [0.29, 0.717) is 37.3 Å². The monoisotopic (exact) mass is 647 g/mol. The summed E-state index contributed by atoms with van der Waals surface area (Å²) in [6.45, 7) is 7.88. The van der Waals surface area contributed by atoms with E-state index in [1.807, 2.05) is 13.8 Å². The van der Waals surface area contributed by atoms with Gasteiger partial charge in [-0.3, -0.25) is 14.6 Å². The Morgan fingerprint density at radius 2 is 1.33 bits per heavy atom. The zero-order chi connectivity index (χ0) is 29.2. The average molecular weight is 648 g/mol. The number of alkyl halides is 6. The Labute approximate surface area is 252 Å². The second-order valence-corrected chi connectivity index (χ2v) is 10.6. The van der Waals surface area contributed by atoms with E-state index in [1.165, 1.54) is 17.0 Å². The summed E-state index contributed by atoms with van der Waals surface area (Å²) < 4.78 is 99.9. The molecule has 2 aliphatic heterocycles. The Kier molecular flexibility index (Phi) is 12.5. The molecule has 2 fully saturated rings. The van der Waals surface area contributed by atoms with Gasteiger partial charge in [0.05, 0.1) is 23.3 Å². The van der Waals surface area contributed by atoms with Crippen molar-refractivity contribution in [1.82, 2.24) is 14.7 Å². The average Bonchev–Trinajstić information content (AvgIpc) is 2.87. The molecule has 4 rings (SSSR count). The number of piperazine rings is 1. The van der Waals surface area contributed by atoms with E-state index in [4.69, 9.17) is 4.74 Å². The smallest absolute Gasteiger partial charge is 0.373 e. The minimum Gasteiger partial charge on any atom is -0.373 e. The van der Waals surface area contributed by atoms with Crippen LogP contribution in [0.3, 0.4) is 0 Å². The van der Waals surface area contributed by atoms with Gasteiger partial charge in [-0.25, -0.2) is 4.39 Å². The Morgan fingerprint density at radius 1 is 0.810 bits per heavy atom. The summed E-state index contributed by atoms with van der Waals surface area (Å²) in [5.41, 5.74) is -3.04. The lowest BCUT2D eigenvalue weighted by molar-refractivity contribution is -0.143. The van der Waals surface area contributed by atoms with Crippen LogP contribution in [0.25, 0.3) is 0 Å². The van der Waals surface area contributed by atoms with Crippen LogP contribution in [-0.2, 0) is 23.5 Å². The van der Waals surface area contributed by atoms with Crippen molar-refractivity contribution in [3.8, 4) is 0 Å². The third-order valence-electron chi connectivity index (χ3n) is 7.27. The Hall–Kier alpha value is -2.12. The molecule has 0 saturated carbocycles. The summed E-state index contributed by atoms with van der Waals surface area (Å²) in [5.74, 6) is -1.35. The Bertz CT molecular complexity index is 1140. The second kappa shape index (κ2) is 14.6. The maximum atomic E-state index is 13.5. The molecule has 0 bridgehead atoms. The van der Waals surface area contributed by atoms with Crippen LogP contribution in [0.4, 0.5) is 30.7 Å². The summed E-state index contributed by atoms with van der Waals surface area (Å²) in [7, 11) is 0. The fourth-order valence-electron chi connectivity index (χ4n) is 5.45. The van der Waals surface area contributed by atoms with Gasteiger partial charge in [0.2, 0.25) is 0 Å². The molecule has 0 N–H and O–H groups in total. The molecule has 2 aromatic rings. The Morgan fingerprint density at radius 3 is 1.86 bits per heavy atom. The molecular weight excluding hydrogens is 614 g/mol. The number of nitrogens with zero attached hydrogens (tertiary/aromatic N) is 3. The zero-order valence-corrected chi connectivity index (χ0v) is 24.7. The van der Waals surface area contributed by atoms with E-state index in [0.717, 1.165) is 19.6 Å². The number of carbonyl (C=O) groups excluding carboxylic acids is 1. The number of carbonyl (C=O) groups is 1. The predicted octanol–water partition coefficient (Wildman–Crippen LogP) is 6.19. The van der Waals surface area contributed by atoms with Crippen molar-refractivity contribution in [1.29, 1.82) is 0 Å². The van der Waals surface area contributed by atoms with Gasteiger partial charge in [0.25, 0.3) is 5.91 Å². The molecular formula is C28H34Cl2F7N3O2. The van der Waals surface area contributed by atoms with Crippen LogP contribution in [0.15, 0.2) is 42.5 Å². The number of ether oxygens (including phenoxy) is 1. The molecule has 2 unspecified atom stereocenters. The number of halogens is 9.